The van der Waals surface area contributed by atoms with E-state index in [0.717, 1.165) is 56.5 Å². The summed E-state index contributed by atoms with van der Waals surface area (Å²) in [6.07, 6.45) is 36.0. The Morgan fingerprint density at radius 3 is 0.991 bits per heavy atom. The molecule has 0 aliphatic carbocycles. The highest BCUT2D eigenvalue weighted by Crippen LogP contribution is 2.45. The summed E-state index contributed by atoms with van der Waals surface area (Å²) in [5, 5.41) is 75.0. The topological polar surface area (TPSA) is 338 Å². The van der Waals surface area contributed by atoms with Gasteiger partial charge in [-0.25, -0.2) is 0 Å². The van der Waals surface area contributed by atoms with E-state index in [4.69, 9.17) is 28.4 Å². The van der Waals surface area contributed by atoms with Gasteiger partial charge in [0.2, 0.25) is 0 Å². The van der Waals surface area contributed by atoms with Crippen molar-refractivity contribution in [2.75, 3.05) is 105 Å². The van der Waals surface area contributed by atoms with Crippen LogP contribution in [0.5, 0.6) is 0 Å². The van der Waals surface area contributed by atoms with Crippen molar-refractivity contribution in [1.82, 2.24) is 51.1 Å². The summed E-state index contributed by atoms with van der Waals surface area (Å²) in [6.45, 7) is 36.8. The van der Waals surface area contributed by atoms with Crippen molar-refractivity contribution in [1.29, 1.82) is 0 Å². The number of alkyl halides is 2. The quantitative estimate of drug-likeness (QED) is 0.0427. The molecule has 10 aliphatic rings. The molecule has 27 nitrogen and oxygen atoms in total. The van der Waals surface area contributed by atoms with E-state index >= 15 is 0 Å². The van der Waals surface area contributed by atoms with Gasteiger partial charge < -0.3 is 110 Å². The van der Waals surface area contributed by atoms with E-state index in [1.165, 1.54) is 41.5 Å². The van der Waals surface area contributed by atoms with Crippen LogP contribution in [0.2, 0.25) is 0 Å². The molecule has 10 heterocycles. The van der Waals surface area contributed by atoms with Crippen molar-refractivity contribution in [2.45, 2.75) is 152 Å². The molecular weight excluding hydrogens is 1640 g/mol. The maximum Gasteiger partial charge on any atom is 0.250 e. The van der Waals surface area contributed by atoms with Crippen molar-refractivity contribution >= 4 is 134 Å². The summed E-state index contributed by atoms with van der Waals surface area (Å²) < 4.78 is 35.1. The SMILES string of the molecule is C=C1NC(=O)C=CN1C1O[C@H](CCP(=C)(C)C)[C@@H](O)[C@H]1Br.C=C1NC(=O)C=CN1C1O[C@H](CCP(=C)(C)C)[C@@H](O)[C@H]1C.C=C1NC(=O)C=CN1C1O[C@H](CCP(=C)(C)C)[C@@H](O)[C@H]1I.C=C1NC(=O)C=CN1C1O[C@H](CCP(=C)(C)C)[C@@H](O)[C@H]1O.C=C1NC(=O)C=CN1C1O[C@H](CCP(=C)(C)C)[C@@H](O)[C@H]1OC. The fraction of sp³-hybridized carbons (Fsp3) is 0.583. The standard InChI is InChI=1S/C15H25N2O4P.C15H25N2O3P.C14H22BrN2O3P.C14H22IN2O3P.C14H23N2O4P/c1-10-16-12(18)6-8-17(10)15-14(20-2)13(19)11(21-15)7-9-22(3,4)5;1-10-14(19)12(7-9-21(3,4)5)20-15(10)17-8-6-13(18)16-11(17)2;2*1-9-16-11(18)5-7-17(9)14-12(15)13(19)10(20-14)6-8-21(2,3)4;1-9-15-11(17)5-7-16(9)14-13(19)12(18)10(20-14)6-8-21(2,3)4/h6,8,11,13-15,19H,1,3,7,9H2,2,4-5H3,(H,16,18);6,8,10,12,14-15,19H,2-3,7,9H2,1,4-5H3,(H,16,18);2*5,7,10,12-14,19H,1-2,6,8H2,3-4H3,(H,16,18);5,7,10,12-14,18-19H,1-2,6,8H2,3-4H3,(H,15,17)/t11-,13-,14-,15?;10-,12-,14+,15?;3*10-,12-,13-,14?/m11111/s1. The lowest BCUT2D eigenvalue weighted by Gasteiger charge is -2.33. The molecule has 0 aromatic rings. The van der Waals surface area contributed by atoms with Crippen LogP contribution in [0.25, 0.3) is 0 Å². The normalized spacial score (nSPS) is 33.2. The smallest absolute Gasteiger partial charge is 0.250 e. The number of rotatable bonds is 21. The van der Waals surface area contributed by atoms with Crippen molar-refractivity contribution in [3.05, 3.63) is 123 Å². The molecule has 20 atom stereocenters. The number of hydrogen-bond acceptors (Lipinski definition) is 22. The van der Waals surface area contributed by atoms with Crippen LogP contribution >= 0.6 is 73.0 Å². The lowest BCUT2D eigenvalue weighted by molar-refractivity contribution is -0.119. The predicted octanol–water partition coefficient (Wildman–Crippen LogP) is 4.52. The zero-order valence-corrected chi connectivity index (χ0v) is 71.6. The molecule has 0 radical (unpaired) electrons. The Bertz CT molecular complexity index is 3290. The Hall–Kier alpha value is -4.02. The zero-order valence-electron chi connectivity index (χ0n) is 63.4. The molecule has 0 bridgehead atoms. The molecule has 106 heavy (non-hydrogen) atoms. The summed E-state index contributed by atoms with van der Waals surface area (Å²) in [5.41, 5.74) is 0. The van der Waals surface area contributed by atoms with Gasteiger partial charge in [-0.1, -0.05) is 78.3 Å². The van der Waals surface area contributed by atoms with Crippen molar-refractivity contribution in [3.8, 4) is 0 Å². The van der Waals surface area contributed by atoms with Crippen molar-refractivity contribution < 1.29 is 83.0 Å². The summed E-state index contributed by atoms with van der Waals surface area (Å²) in [5.74, 6) is 1.00. The first-order chi connectivity index (χ1) is 49.0. The van der Waals surface area contributed by atoms with E-state index < -0.39 is 95.7 Å². The number of hydrogen-bond donors (Lipinski definition) is 11. The Morgan fingerprint density at radius 2 is 0.651 bits per heavy atom. The third kappa shape index (κ3) is 26.3. The predicted molar refractivity (Wildman–Crippen MR) is 448 cm³/mol. The minimum atomic E-state index is -1.21. The number of nitrogens with one attached hydrogen (secondary N) is 5. The number of amides is 5. The van der Waals surface area contributed by atoms with Gasteiger partial charge in [0, 0.05) is 74.4 Å². The van der Waals surface area contributed by atoms with Crippen LogP contribution in [0.4, 0.5) is 0 Å². The number of carbonyl (C=O) groups excluding carboxylic acids is 5. The van der Waals surface area contributed by atoms with E-state index in [9.17, 15) is 54.6 Å². The van der Waals surface area contributed by atoms with Gasteiger partial charge in [-0.15, -0.1) is 65.9 Å². The van der Waals surface area contributed by atoms with Crippen LogP contribution in [0.15, 0.2) is 123 Å². The van der Waals surface area contributed by atoms with Gasteiger partial charge in [-0.2, -0.15) is 0 Å². The van der Waals surface area contributed by atoms with Gasteiger partial charge in [0.15, 0.2) is 18.7 Å². The third-order valence-corrected chi connectivity index (χ3v) is 28.2. The molecule has 0 aromatic heterocycles. The molecule has 0 aromatic carbocycles. The van der Waals surface area contributed by atoms with Gasteiger partial charge in [-0.05, 0) is 130 Å². The van der Waals surface area contributed by atoms with Crippen LogP contribution in [0.3, 0.4) is 0 Å². The minimum absolute atomic E-state index is 0.0577. The molecule has 0 saturated carbocycles. The third-order valence-electron chi connectivity index (χ3n) is 18.5. The Kier molecular flexibility index (Phi) is 33.0. The fourth-order valence-electron chi connectivity index (χ4n) is 12.4. The zero-order chi connectivity index (χ0) is 79.6. The van der Waals surface area contributed by atoms with Gasteiger partial charge >= 0.3 is 0 Å². The molecule has 0 spiro atoms. The second kappa shape index (κ2) is 38.5. The molecule has 596 valence electrons. The summed E-state index contributed by atoms with van der Waals surface area (Å²) in [4.78, 5) is 64.6. The Labute approximate surface area is 649 Å². The average molecular weight is 1760 g/mol. The largest absolute Gasteiger partial charge is 0.390 e. The molecular formula is C72H117BrIN10O17P5. The van der Waals surface area contributed by atoms with Crippen molar-refractivity contribution in [3.63, 3.8) is 0 Å². The summed E-state index contributed by atoms with van der Waals surface area (Å²) >= 11 is 5.70. The number of halogens is 2. The Morgan fingerprint density at radius 1 is 0.396 bits per heavy atom. The molecule has 5 unspecified atom stereocenters. The van der Waals surface area contributed by atoms with Gasteiger partial charge in [0.05, 0.1) is 57.6 Å². The molecule has 5 amide bonds. The minimum Gasteiger partial charge on any atom is -0.390 e. The first-order valence-corrected chi connectivity index (χ1v) is 52.3. The molecule has 5 saturated heterocycles. The average Bonchev–Trinajstić information content (AvgIpc) is 1.68. The Balaban J connectivity index is 0.000000208. The lowest BCUT2D eigenvalue weighted by atomic mass is 10.00. The molecule has 11 N–H and O–H groups in total. The lowest BCUT2D eigenvalue weighted by Crippen LogP contribution is -2.47. The summed E-state index contributed by atoms with van der Waals surface area (Å²) in [6, 6.07) is 0. The number of aliphatic hydroxyl groups is 6. The van der Waals surface area contributed by atoms with Crippen LogP contribution in [-0.4, -0.2) is 334 Å². The van der Waals surface area contributed by atoms with E-state index in [1.807, 2.05) is 6.92 Å². The first-order valence-electron chi connectivity index (χ1n) is 34.8. The summed E-state index contributed by atoms with van der Waals surface area (Å²) in [7, 11) is 1.54. The monoisotopic (exact) mass is 1750 g/mol. The number of nitrogens with zero attached hydrogens (tertiary/aromatic N) is 5. The van der Waals surface area contributed by atoms with E-state index in [1.54, 1.807) is 51.5 Å². The number of methoxy groups -OCH3 is 1. The number of aliphatic hydroxyl groups excluding tert-OH is 6. The van der Waals surface area contributed by atoms with E-state index in [-0.39, 0.29) is 87.3 Å². The van der Waals surface area contributed by atoms with Crippen LogP contribution < -0.4 is 26.6 Å². The van der Waals surface area contributed by atoms with E-state index in [0.29, 0.717) is 35.5 Å². The molecule has 5 fully saturated rings. The van der Waals surface area contributed by atoms with Gasteiger partial charge in [0.25, 0.3) is 29.5 Å². The highest BCUT2D eigenvalue weighted by molar-refractivity contribution is 14.1. The highest BCUT2D eigenvalue weighted by atomic mass is 127. The second-order valence-electron chi connectivity index (χ2n) is 31.3. The maximum absolute atomic E-state index is 11.3. The maximum atomic E-state index is 11.3. The molecule has 10 rings (SSSR count). The van der Waals surface area contributed by atoms with Crippen LogP contribution in [0.1, 0.15) is 39.0 Å². The first kappa shape index (κ1) is 90.9. The van der Waals surface area contributed by atoms with Gasteiger partial charge in [0.1, 0.15) is 66.0 Å². The number of ether oxygens (including phenoxy) is 6. The second-order valence-corrected chi connectivity index (χ2v) is 55.3. The fourth-order valence-corrected chi connectivity index (χ4v) is 18.9. The molecule has 34 heteroatoms. The van der Waals surface area contributed by atoms with E-state index in [2.05, 4.69) is 196 Å². The van der Waals surface area contributed by atoms with Gasteiger partial charge in [-0.3, -0.25) is 24.0 Å². The van der Waals surface area contributed by atoms with Crippen LogP contribution in [-0.2, 0) is 52.4 Å². The highest BCUT2D eigenvalue weighted by Gasteiger charge is 2.51. The number of carbonyl (C=O) groups is 5. The molecule has 10 aliphatic heterocycles. The van der Waals surface area contributed by atoms with Crippen molar-refractivity contribution in [2.24, 2.45) is 5.92 Å². The van der Waals surface area contributed by atoms with Crippen LogP contribution in [0, 0.1) is 5.92 Å².